The molecule has 0 radical (unpaired) electrons. The van der Waals surface area contributed by atoms with Crippen LogP contribution in [0, 0.1) is 0 Å². The van der Waals surface area contributed by atoms with Gasteiger partial charge >= 0.3 is 5.97 Å². The van der Waals surface area contributed by atoms with Crippen molar-refractivity contribution in [3.05, 3.63) is 41.5 Å². The van der Waals surface area contributed by atoms with Crippen LogP contribution in [0.5, 0.6) is 5.75 Å². The van der Waals surface area contributed by atoms with E-state index in [1.165, 1.54) is 7.11 Å². The third-order valence-corrected chi connectivity index (χ3v) is 3.68. The lowest BCUT2D eigenvalue weighted by Crippen LogP contribution is -2.22. The normalized spacial score (nSPS) is 12.1. The monoisotopic (exact) mass is 334 g/mol. The predicted octanol–water partition coefficient (Wildman–Crippen LogP) is 1.48. The van der Waals surface area contributed by atoms with Crippen molar-refractivity contribution in [1.82, 2.24) is 20.1 Å². The van der Waals surface area contributed by atoms with Gasteiger partial charge in [-0.25, -0.2) is 4.79 Å². The van der Waals surface area contributed by atoms with Gasteiger partial charge in [0.25, 0.3) is 0 Å². The molecule has 1 aromatic carbocycles. The van der Waals surface area contributed by atoms with Crippen LogP contribution in [0.25, 0.3) is 0 Å². The Labute approximate surface area is 140 Å². The summed E-state index contributed by atoms with van der Waals surface area (Å²) in [7, 11) is 3.10. The highest BCUT2D eigenvalue weighted by Gasteiger charge is 2.15. The van der Waals surface area contributed by atoms with Crippen molar-refractivity contribution in [1.29, 1.82) is 0 Å². The van der Waals surface area contributed by atoms with E-state index in [2.05, 4.69) is 15.5 Å². The van der Waals surface area contributed by atoms with Gasteiger partial charge in [-0.1, -0.05) is 6.07 Å². The molecule has 8 nitrogen and oxygen atoms in total. The van der Waals surface area contributed by atoms with E-state index in [4.69, 9.17) is 9.47 Å². The van der Waals surface area contributed by atoms with E-state index in [-0.39, 0.29) is 11.6 Å². The Morgan fingerprint density at radius 3 is 2.88 bits per heavy atom. The lowest BCUT2D eigenvalue weighted by Gasteiger charge is -2.15. The number of rotatable bonds is 9. The second-order valence-corrected chi connectivity index (χ2v) is 5.32. The standard InChI is InChI=1S/C16H22N4O4/c1-11(15-19-18-10-20(15)6-7-23-2)17-9-12-4-5-14(24-3)13(8-12)16(21)22/h4-5,8,10-11,17H,6-7,9H2,1-3H3,(H,21,22). The minimum Gasteiger partial charge on any atom is -0.496 e. The summed E-state index contributed by atoms with van der Waals surface area (Å²) in [6, 6.07) is 5.06. The summed E-state index contributed by atoms with van der Waals surface area (Å²) in [5, 5.41) is 20.6. The molecule has 1 unspecified atom stereocenters. The van der Waals surface area contributed by atoms with Crippen molar-refractivity contribution >= 4 is 5.97 Å². The number of hydrogen-bond acceptors (Lipinski definition) is 6. The maximum Gasteiger partial charge on any atom is 0.339 e. The first kappa shape index (κ1) is 17.9. The fourth-order valence-electron chi connectivity index (χ4n) is 2.36. The second kappa shape index (κ2) is 8.42. The van der Waals surface area contributed by atoms with Crippen LogP contribution in [0.2, 0.25) is 0 Å². The van der Waals surface area contributed by atoms with Crippen molar-refractivity contribution < 1.29 is 19.4 Å². The molecule has 130 valence electrons. The lowest BCUT2D eigenvalue weighted by atomic mass is 10.1. The number of nitrogens with zero attached hydrogens (tertiary/aromatic N) is 3. The quantitative estimate of drug-likeness (QED) is 0.716. The van der Waals surface area contributed by atoms with Gasteiger partial charge in [-0.2, -0.15) is 0 Å². The summed E-state index contributed by atoms with van der Waals surface area (Å²) < 4.78 is 12.1. The fourth-order valence-corrected chi connectivity index (χ4v) is 2.36. The number of carboxylic acids is 1. The van der Waals surface area contributed by atoms with E-state index in [9.17, 15) is 9.90 Å². The largest absolute Gasteiger partial charge is 0.496 e. The van der Waals surface area contributed by atoms with Gasteiger partial charge in [-0.3, -0.25) is 0 Å². The molecule has 0 saturated heterocycles. The van der Waals surface area contributed by atoms with Crippen LogP contribution in [0.15, 0.2) is 24.5 Å². The molecule has 2 aromatic rings. The molecule has 0 aliphatic carbocycles. The first-order valence-corrected chi connectivity index (χ1v) is 7.57. The smallest absolute Gasteiger partial charge is 0.339 e. The molecule has 0 fully saturated rings. The van der Waals surface area contributed by atoms with Gasteiger partial charge in [0.2, 0.25) is 0 Å². The summed E-state index contributed by atoms with van der Waals surface area (Å²) >= 11 is 0. The van der Waals surface area contributed by atoms with E-state index < -0.39 is 5.97 Å². The van der Waals surface area contributed by atoms with Crippen LogP contribution in [-0.4, -0.2) is 46.7 Å². The number of aromatic nitrogens is 3. The summed E-state index contributed by atoms with van der Waals surface area (Å²) in [6.07, 6.45) is 1.67. The maximum atomic E-state index is 11.3. The summed E-state index contributed by atoms with van der Waals surface area (Å²) in [5.74, 6) is 0.138. The zero-order valence-electron chi connectivity index (χ0n) is 14.0. The van der Waals surface area contributed by atoms with Gasteiger partial charge in [0.15, 0.2) is 0 Å². The second-order valence-electron chi connectivity index (χ2n) is 5.32. The summed E-state index contributed by atoms with van der Waals surface area (Å²) in [5.41, 5.74) is 0.996. The third-order valence-electron chi connectivity index (χ3n) is 3.68. The predicted molar refractivity (Wildman–Crippen MR) is 87.1 cm³/mol. The Bertz CT molecular complexity index is 686. The molecule has 8 heteroatoms. The van der Waals surface area contributed by atoms with Gasteiger partial charge in [0.05, 0.1) is 19.8 Å². The Morgan fingerprint density at radius 1 is 1.42 bits per heavy atom. The van der Waals surface area contributed by atoms with Gasteiger partial charge in [0, 0.05) is 20.2 Å². The zero-order chi connectivity index (χ0) is 17.5. The van der Waals surface area contributed by atoms with Crippen LogP contribution in [0.3, 0.4) is 0 Å². The molecule has 1 aromatic heterocycles. The number of aromatic carboxylic acids is 1. The third kappa shape index (κ3) is 4.30. The highest BCUT2D eigenvalue weighted by Crippen LogP contribution is 2.20. The van der Waals surface area contributed by atoms with E-state index in [0.717, 1.165) is 11.4 Å². The minimum absolute atomic E-state index is 0.0419. The summed E-state index contributed by atoms with van der Waals surface area (Å²) in [4.78, 5) is 11.3. The van der Waals surface area contributed by atoms with Crippen LogP contribution in [-0.2, 0) is 17.8 Å². The van der Waals surface area contributed by atoms with Crippen molar-refractivity contribution in [3.8, 4) is 5.75 Å². The van der Waals surface area contributed by atoms with Gasteiger partial charge in [-0.15, -0.1) is 10.2 Å². The van der Waals surface area contributed by atoms with Crippen LogP contribution in [0.1, 0.15) is 34.7 Å². The van der Waals surface area contributed by atoms with Crippen LogP contribution >= 0.6 is 0 Å². The molecule has 0 amide bonds. The molecule has 24 heavy (non-hydrogen) atoms. The molecule has 2 rings (SSSR count). The van der Waals surface area contributed by atoms with E-state index in [0.29, 0.717) is 25.4 Å². The van der Waals surface area contributed by atoms with Gasteiger partial charge in [-0.05, 0) is 24.6 Å². The number of carboxylic acid groups (broad SMARTS) is 1. The fraction of sp³-hybridized carbons (Fsp3) is 0.438. The van der Waals surface area contributed by atoms with Crippen molar-refractivity contribution in [2.45, 2.75) is 26.1 Å². The number of benzene rings is 1. The highest BCUT2D eigenvalue weighted by molar-refractivity contribution is 5.91. The summed E-state index contributed by atoms with van der Waals surface area (Å²) in [6.45, 7) is 3.74. The van der Waals surface area contributed by atoms with Crippen LogP contribution < -0.4 is 10.1 Å². The molecule has 1 atom stereocenters. The molecule has 0 spiro atoms. The highest BCUT2D eigenvalue weighted by atomic mass is 16.5. The van der Waals surface area contributed by atoms with Crippen LogP contribution in [0.4, 0.5) is 0 Å². The first-order chi connectivity index (χ1) is 11.6. The molecule has 0 aliphatic heterocycles. The Morgan fingerprint density at radius 2 is 2.21 bits per heavy atom. The van der Waals surface area contributed by atoms with E-state index >= 15 is 0 Å². The molecule has 0 aliphatic rings. The number of carbonyl (C=O) groups is 1. The van der Waals surface area contributed by atoms with Crippen molar-refractivity contribution in [2.24, 2.45) is 0 Å². The van der Waals surface area contributed by atoms with E-state index in [1.54, 1.807) is 25.6 Å². The Kier molecular flexibility index (Phi) is 6.28. The van der Waals surface area contributed by atoms with Gasteiger partial charge < -0.3 is 24.5 Å². The average molecular weight is 334 g/mol. The minimum atomic E-state index is -1.01. The molecule has 1 heterocycles. The zero-order valence-corrected chi connectivity index (χ0v) is 14.0. The molecule has 0 saturated carbocycles. The SMILES string of the molecule is COCCn1cnnc1C(C)NCc1ccc(OC)c(C(=O)O)c1. The molecular formula is C16H22N4O4. The Balaban J connectivity index is 2.04. The number of ether oxygens (including phenoxy) is 2. The number of nitrogens with one attached hydrogen (secondary N) is 1. The maximum absolute atomic E-state index is 11.3. The van der Waals surface area contributed by atoms with Crippen molar-refractivity contribution in [3.63, 3.8) is 0 Å². The topological polar surface area (TPSA) is 98.5 Å². The molecular weight excluding hydrogens is 312 g/mol. The molecule has 2 N–H and O–H groups in total. The Hall–Kier alpha value is -2.45. The van der Waals surface area contributed by atoms with E-state index in [1.807, 2.05) is 17.6 Å². The van der Waals surface area contributed by atoms with Crippen molar-refractivity contribution in [2.75, 3.05) is 20.8 Å². The number of hydrogen-bond donors (Lipinski definition) is 2. The average Bonchev–Trinajstić information content (AvgIpc) is 3.06. The van der Waals surface area contributed by atoms with Gasteiger partial charge in [0.1, 0.15) is 23.5 Å². The number of methoxy groups -OCH3 is 2. The first-order valence-electron chi connectivity index (χ1n) is 7.57. The molecule has 0 bridgehead atoms. The lowest BCUT2D eigenvalue weighted by molar-refractivity contribution is 0.0693.